The van der Waals surface area contributed by atoms with Gasteiger partial charge in [0.2, 0.25) is 5.13 Å². The van der Waals surface area contributed by atoms with Crippen molar-refractivity contribution in [1.29, 1.82) is 0 Å². The van der Waals surface area contributed by atoms with Gasteiger partial charge in [-0.05, 0) is 18.3 Å². The van der Waals surface area contributed by atoms with E-state index in [1.54, 1.807) is 0 Å². The van der Waals surface area contributed by atoms with Gasteiger partial charge in [0.15, 0.2) is 0 Å². The molecule has 17 heavy (non-hydrogen) atoms. The van der Waals surface area contributed by atoms with Gasteiger partial charge in [-0.15, -0.1) is 0 Å². The van der Waals surface area contributed by atoms with Gasteiger partial charge >= 0.3 is 0 Å². The van der Waals surface area contributed by atoms with Crippen LogP contribution in [0.2, 0.25) is 0 Å². The second-order valence-electron chi connectivity index (χ2n) is 5.39. The van der Waals surface area contributed by atoms with Crippen LogP contribution < -0.4 is 5.32 Å². The van der Waals surface area contributed by atoms with E-state index in [1.165, 1.54) is 11.5 Å². The molecule has 0 aromatic carbocycles. The number of anilines is 1. The van der Waals surface area contributed by atoms with Crippen molar-refractivity contribution >= 4 is 16.7 Å². The molecule has 0 bridgehead atoms. The van der Waals surface area contributed by atoms with Crippen molar-refractivity contribution in [3.8, 4) is 0 Å². The molecule has 1 saturated heterocycles. The van der Waals surface area contributed by atoms with Crippen LogP contribution in [0.15, 0.2) is 0 Å². The van der Waals surface area contributed by atoms with E-state index in [9.17, 15) is 0 Å². The molecule has 0 spiro atoms. The fourth-order valence-electron chi connectivity index (χ4n) is 1.87. The standard InChI is InChI=1S/C12H21N3OS/c1-9(2)10-14-11(17-15-10)13-8-12(3)4-6-16-7-5-12/h9H,4-8H2,1-3H3,(H,13,14,15). The minimum atomic E-state index is 0.335. The Kier molecular flexibility index (Phi) is 3.99. The van der Waals surface area contributed by atoms with Crippen molar-refractivity contribution in [1.82, 2.24) is 9.36 Å². The average Bonchev–Trinajstić information content (AvgIpc) is 2.76. The summed E-state index contributed by atoms with van der Waals surface area (Å²) in [6.45, 7) is 9.27. The van der Waals surface area contributed by atoms with Crippen molar-refractivity contribution in [3.63, 3.8) is 0 Å². The van der Waals surface area contributed by atoms with Gasteiger partial charge in [-0.25, -0.2) is 4.98 Å². The van der Waals surface area contributed by atoms with E-state index in [2.05, 4.69) is 35.4 Å². The van der Waals surface area contributed by atoms with Crippen LogP contribution in [0.1, 0.15) is 45.4 Å². The van der Waals surface area contributed by atoms with Crippen molar-refractivity contribution in [2.45, 2.75) is 39.5 Å². The Bertz CT molecular complexity index is 358. The Morgan fingerprint density at radius 2 is 2.12 bits per heavy atom. The molecule has 96 valence electrons. The topological polar surface area (TPSA) is 47.0 Å². The fraction of sp³-hybridized carbons (Fsp3) is 0.833. The maximum Gasteiger partial charge on any atom is 0.202 e. The SMILES string of the molecule is CC(C)c1nsc(NCC2(C)CCOCC2)n1. The molecule has 0 amide bonds. The van der Waals surface area contributed by atoms with Gasteiger partial charge in [-0.1, -0.05) is 20.8 Å². The van der Waals surface area contributed by atoms with E-state index in [1.807, 2.05) is 0 Å². The summed E-state index contributed by atoms with van der Waals surface area (Å²) >= 11 is 1.46. The van der Waals surface area contributed by atoms with Crippen molar-refractivity contribution in [2.75, 3.05) is 25.1 Å². The minimum absolute atomic E-state index is 0.335. The molecular formula is C12H21N3OS. The van der Waals surface area contributed by atoms with Crippen molar-refractivity contribution in [2.24, 2.45) is 5.41 Å². The monoisotopic (exact) mass is 255 g/mol. The third-order valence-corrected chi connectivity index (χ3v) is 4.01. The second-order valence-corrected chi connectivity index (χ2v) is 6.14. The van der Waals surface area contributed by atoms with Crippen LogP contribution >= 0.6 is 11.5 Å². The van der Waals surface area contributed by atoms with Crippen LogP contribution in [0.3, 0.4) is 0 Å². The maximum atomic E-state index is 5.40. The summed E-state index contributed by atoms with van der Waals surface area (Å²) in [6.07, 6.45) is 2.24. The molecule has 1 aliphatic heterocycles. The highest BCUT2D eigenvalue weighted by molar-refractivity contribution is 7.09. The molecule has 0 saturated carbocycles. The molecule has 1 aromatic heterocycles. The third-order valence-electron chi connectivity index (χ3n) is 3.32. The Morgan fingerprint density at radius 3 is 2.71 bits per heavy atom. The molecule has 5 heteroatoms. The number of hydrogen-bond acceptors (Lipinski definition) is 5. The van der Waals surface area contributed by atoms with Gasteiger partial charge in [-0.3, -0.25) is 0 Å². The van der Waals surface area contributed by atoms with Gasteiger partial charge in [0.25, 0.3) is 0 Å². The predicted octanol–water partition coefficient (Wildman–Crippen LogP) is 2.89. The van der Waals surface area contributed by atoms with Crippen molar-refractivity contribution < 1.29 is 4.74 Å². The van der Waals surface area contributed by atoms with Crippen LogP contribution in [0.5, 0.6) is 0 Å². The molecule has 0 radical (unpaired) electrons. The molecule has 2 heterocycles. The molecule has 1 aromatic rings. The van der Waals surface area contributed by atoms with Crippen LogP contribution in [0.25, 0.3) is 0 Å². The van der Waals surface area contributed by atoms with E-state index in [0.29, 0.717) is 11.3 Å². The first-order chi connectivity index (χ1) is 8.09. The lowest BCUT2D eigenvalue weighted by molar-refractivity contribution is 0.0300. The Labute approximate surface area is 107 Å². The summed E-state index contributed by atoms with van der Waals surface area (Å²) in [4.78, 5) is 4.49. The molecule has 1 fully saturated rings. The Morgan fingerprint density at radius 1 is 1.41 bits per heavy atom. The number of rotatable bonds is 4. The van der Waals surface area contributed by atoms with Crippen LogP contribution in [-0.4, -0.2) is 29.1 Å². The van der Waals surface area contributed by atoms with E-state index in [4.69, 9.17) is 4.74 Å². The smallest absolute Gasteiger partial charge is 0.202 e. The fourth-order valence-corrected chi connectivity index (χ4v) is 2.57. The van der Waals surface area contributed by atoms with E-state index < -0.39 is 0 Å². The van der Waals surface area contributed by atoms with Crippen LogP contribution in [0, 0.1) is 5.41 Å². The molecule has 0 unspecified atom stereocenters. The summed E-state index contributed by atoms with van der Waals surface area (Å²) in [5, 5.41) is 4.37. The second kappa shape index (κ2) is 5.31. The molecular weight excluding hydrogens is 234 g/mol. The van der Waals surface area contributed by atoms with E-state index in [-0.39, 0.29) is 0 Å². The van der Waals surface area contributed by atoms with Gasteiger partial charge in [0.1, 0.15) is 5.82 Å². The van der Waals surface area contributed by atoms with Crippen molar-refractivity contribution in [3.05, 3.63) is 5.82 Å². The summed E-state index contributed by atoms with van der Waals surface area (Å²) < 4.78 is 9.74. The lowest BCUT2D eigenvalue weighted by Gasteiger charge is -2.33. The average molecular weight is 255 g/mol. The van der Waals surface area contributed by atoms with Gasteiger partial charge in [0.05, 0.1) is 0 Å². The number of hydrogen-bond donors (Lipinski definition) is 1. The van der Waals surface area contributed by atoms with Crippen LogP contribution in [0.4, 0.5) is 5.13 Å². The maximum absolute atomic E-state index is 5.40. The Hall–Kier alpha value is -0.680. The van der Waals surface area contributed by atoms with E-state index >= 15 is 0 Å². The summed E-state index contributed by atoms with van der Waals surface area (Å²) in [5.41, 5.74) is 0.335. The zero-order chi connectivity index (χ0) is 12.3. The first kappa shape index (κ1) is 12.8. The third kappa shape index (κ3) is 3.39. The highest BCUT2D eigenvalue weighted by Crippen LogP contribution is 2.30. The minimum Gasteiger partial charge on any atom is -0.381 e. The van der Waals surface area contributed by atoms with E-state index in [0.717, 1.165) is 43.6 Å². The van der Waals surface area contributed by atoms with Crippen LogP contribution in [-0.2, 0) is 4.74 Å². The van der Waals surface area contributed by atoms with Gasteiger partial charge in [-0.2, -0.15) is 4.37 Å². The summed E-state index contributed by atoms with van der Waals surface area (Å²) in [5.74, 6) is 1.34. The highest BCUT2D eigenvalue weighted by atomic mass is 32.1. The number of nitrogens with zero attached hydrogens (tertiary/aromatic N) is 2. The van der Waals surface area contributed by atoms with Gasteiger partial charge in [0, 0.05) is 37.2 Å². The summed E-state index contributed by atoms with van der Waals surface area (Å²) in [7, 11) is 0. The highest BCUT2D eigenvalue weighted by Gasteiger charge is 2.27. The summed E-state index contributed by atoms with van der Waals surface area (Å²) in [6, 6.07) is 0. The lowest BCUT2D eigenvalue weighted by atomic mass is 9.82. The number of aromatic nitrogens is 2. The molecule has 4 nitrogen and oxygen atoms in total. The normalized spacial score (nSPS) is 19.5. The number of ether oxygens (including phenoxy) is 1. The molecule has 0 aliphatic carbocycles. The Balaban J connectivity index is 1.88. The number of nitrogens with one attached hydrogen (secondary N) is 1. The molecule has 1 N–H and O–H groups in total. The zero-order valence-corrected chi connectivity index (χ0v) is 11.6. The first-order valence-corrected chi connectivity index (χ1v) is 7.02. The predicted molar refractivity (Wildman–Crippen MR) is 70.6 cm³/mol. The van der Waals surface area contributed by atoms with Gasteiger partial charge < -0.3 is 10.1 Å². The lowest BCUT2D eigenvalue weighted by Crippen LogP contribution is -2.33. The molecule has 0 atom stereocenters. The first-order valence-electron chi connectivity index (χ1n) is 6.24. The zero-order valence-electron chi connectivity index (χ0n) is 10.8. The molecule has 2 rings (SSSR count). The largest absolute Gasteiger partial charge is 0.381 e. The quantitative estimate of drug-likeness (QED) is 0.898. The molecule has 1 aliphatic rings.